The molecule has 9 heteroatoms. The third kappa shape index (κ3) is 6.49. The summed E-state index contributed by atoms with van der Waals surface area (Å²) in [5.41, 5.74) is 0. The van der Waals surface area contributed by atoms with E-state index in [1.807, 2.05) is 19.1 Å². The number of likely N-dealkylation sites (tertiary alicyclic amines) is 1. The van der Waals surface area contributed by atoms with Crippen molar-refractivity contribution in [3.8, 4) is 0 Å². The first-order valence-electron chi connectivity index (χ1n) is 9.35. The summed E-state index contributed by atoms with van der Waals surface area (Å²) >= 11 is 0. The van der Waals surface area contributed by atoms with Crippen molar-refractivity contribution in [1.82, 2.24) is 25.7 Å². The average molecular weight is 488 g/mol. The van der Waals surface area contributed by atoms with E-state index in [4.69, 9.17) is 8.94 Å². The van der Waals surface area contributed by atoms with E-state index in [2.05, 4.69) is 30.7 Å². The van der Waals surface area contributed by atoms with Gasteiger partial charge in [0.05, 0.1) is 12.3 Å². The molecule has 1 aliphatic rings. The lowest BCUT2D eigenvalue weighted by molar-refractivity contribution is 0.146. The zero-order valence-electron chi connectivity index (χ0n) is 16.0. The lowest BCUT2D eigenvalue weighted by Gasteiger charge is -2.33. The molecule has 0 radical (unpaired) electrons. The monoisotopic (exact) mass is 488 g/mol. The van der Waals surface area contributed by atoms with Gasteiger partial charge in [0, 0.05) is 13.1 Å². The Morgan fingerprint density at radius 2 is 2.11 bits per heavy atom. The molecule has 1 aliphatic heterocycles. The van der Waals surface area contributed by atoms with Gasteiger partial charge in [0.1, 0.15) is 12.3 Å². The van der Waals surface area contributed by atoms with E-state index >= 15 is 0 Å². The van der Waals surface area contributed by atoms with Gasteiger partial charge >= 0.3 is 0 Å². The van der Waals surface area contributed by atoms with Crippen LogP contribution in [-0.4, -0.2) is 47.2 Å². The molecular formula is C18H29IN6O2. The Bertz CT molecular complexity index is 682. The van der Waals surface area contributed by atoms with E-state index in [9.17, 15) is 0 Å². The van der Waals surface area contributed by atoms with Crippen LogP contribution in [0.4, 0.5) is 0 Å². The highest BCUT2D eigenvalue weighted by Crippen LogP contribution is 2.24. The van der Waals surface area contributed by atoms with Gasteiger partial charge in [-0.15, -0.1) is 24.0 Å². The quantitative estimate of drug-likeness (QED) is 0.352. The molecule has 2 aromatic rings. The molecule has 1 saturated heterocycles. The van der Waals surface area contributed by atoms with Gasteiger partial charge in [-0.05, 0) is 51.9 Å². The van der Waals surface area contributed by atoms with Crippen LogP contribution in [0.2, 0.25) is 0 Å². The van der Waals surface area contributed by atoms with Crippen LogP contribution in [0.1, 0.15) is 49.7 Å². The highest BCUT2D eigenvalue weighted by atomic mass is 127. The van der Waals surface area contributed by atoms with Gasteiger partial charge in [0.15, 0.2) is 11.8 Å². The number of furan rings is 1. The van der Waals surface area contributed by atoms with Crippen LogP contribution in [-0.2, 0) is 6.54 Å². The Balaban J connectivity index is 0.00000261. The molecule has 0 saturated carbocycles. The maximum Gasteiger partial charge on any atom is 0.248 e. The second-order valence-corrected chi connectivity index (χ2v) is 6.44. The highest BCUT2D eigenvalue weighted by molar-refractivity contribution is 14.0. The summed E-state index contributed by atoms with van der Waals surface area (Å²) in [6.45, 7) is 7.90. The molecule has 1 atom stereocenters. The van der Waals surface area contributed by atoms with Crippen LogP contribution in [0, 0.1) is 6.92 Å². The summed E-state index contributed by atoms with van der Waals surface area (Å²) in [5, 5.41) is 10.5. The van der Waals surface area contributed by atoms with Crippen LogP contribution in [0.5, 0.6) is 0 Å². The molecule has 0 aromatic carbocycles. The first kappa shape index (κ1) is 21.7. The number of nitrogens with one attached hydrogen (secondary N) is 2. The van der Waals surface area contributed by atoms with Gasteiger partial charge in [-0.25, -0.2) is 4.99 Å². The molecule has 0 aliphatic carbocycles. The van der Waals surface area contributed by atoms with E-state index in [1.165, 1.54) is 19.3 Å². The predicted octanol–water partition coefficient (Wildman–Crippen LogP) is 2.87. The van der Waals surface area contributed by atoms with Crippen LogP contribution in [0.15, 0.2) is 32.3 Å². The summed E-state index contributed by atoms with van der Waals surface area (Å²) < 4.78 is 10.8. The average Bonchev–Trinajstić information content (AvgIpc) is 3.33. The highest BCUT2D eigenvalue weighted by Gasteiger charge is 2.24. The largest absolute Gasteiger partial charge is 0.468 e. The number of aromatic nitrogens is 2. The number of piperidine rings is 1. The SMILES string of the molecule is CCNC(=NCc1nc(C)no1)NCC(c1ccco1)N1CCCCC1.I. The van der Waals surface area contributed by atoms with Crippen molar-refractivity contribution >= 4 is 29.9 Å². The smallest absolute Gasteiger partial charge is 0.248 e. The summed E-state index contributed by atoms with van der Waals surface area (Å²) in [7, 11) is 0. The molecule has 0 spiro atoms. The minimum Gasteiger partial charge on any atom is -0.468 e. The Labute approximate surface area is 177 Å². The Morgan fingerprint density at radius 1 is 1.30 bits per heavy atom. The second kappa shape index (κ2) is 11.3. The van der Waals surface area contributed by atoms with Crippen molar-refractivity contribution in [3.63, 3.8) is 0 Å². The maximum absolute atomic E-state index is 5.70. The molecule has 2 aromatic heterocycles. The second-order valence-electron chi connectivity index (χ2n) is 6.44. The van der Waals surface area contributed by atoms with Crippen LogP contribution in [0.3, 0.4) is 0 Å². The minimum absolute atomic E-state index is 0. The lowest BCUT2D eigenvalue weighted by Crippen LogP contribution is -2.44. The predicted molar refractivity (Wildman–Crippen MR) is 114 cm³/mol. The number of aliphatic imine (C=N–C) groups is 1. The normalized spacial score (nSPS) is 16.6. The topological polar surface area (TPSA) is 91.7 Å². The molecule has 0 amide bonds. The van der Waals surface area contributed by atoms with Gasteiger partial charge in [0.2, 0.25) is 5.89 Å². The number of aryl methyl sites for hydroxylation is 1. The van der Waals surface area contributed by atoms with Gasteiger partial charge in [0.25, 0.3) is 0 Å². The van der Waals surface area contributed by atoms with E-state index in [-0.39, 0.29) is 30.0 Å². The maximum atomic E-state index is 5.70. The zero-order valence-corrected chi connectivity index (χ0v) is 18.3. The molecular weight excluding hydrogens is 459 g/mol. The number of nitrogens with zero attached hydrogens (tertiary/aromatic N) is 4. The fourth-order valence-corrected chi connectivity index (χ4v) is 3.21. The van der Waals surface area contributed by atoms with Crippen LogP contribution < -0.4 is 10.6 Å². The zero-order chi connectivity index (χ0) is 18.2. The van der Waals surface area contributed by atoms with Crippen LogP contribution in [0.25, 0.3) is 0 Å². The number of hydrogen-bond acceptors (Lipinski definition) is 6. The summed E-state index contributed by atoms with van der Waals surface area (Å²) in [6, 6.07) is 4.19. The standard InChI is InChI=1S/C18H28N6O2.HI/c1-3-19-18(21-13-17-22-14(2)23-26-17)20-12-15(16-8-7-11-25-16)24-9-5-4-6-10-24;/h7-8,11,15H,3-6,9-10,12-13H2,1-2H3,(H2,19,20,21);1H. The Hall–Kier alpha value is -1.62. The van der Waals surface area contributed by atoms with Crippen molar-refractivity contribution < 1.29 is 8.94 Å². The summed E-state index contributed by atoms with van der Waals surface area (Å²) in [4.78, 5) is 11.2. The molecule has 3 rings (SSSR count). The number of halogens is 1. The minimum atomic E-state index is 0. The van der Waals surface area contributed by atoms with Gasteiger partial charge in [-0.2, -0.15) is 4.98 Å². The fraction of sp³-hybridized carbons (Fsp3) is 0.611. The third-order valence-corrected chi connectivity index (χ3v) is 4.45. The molecule has 27 heavy (non-hydrogen) atoms. The molecule has 3 heterocycles. The lowest BCUT2D eigenvalue weighted by atomic mass is 10.1. The van der Waals surface area contributed by atoms with E-state index in [0.717, 1.165) is 37.9 Å². The fourth-order valence-electron chi connectivity index (χ4n) is 3.21. The Kier molecular flexibility index (Phi) is 9.05. The van der Waals surface area contributed by atoms with Crippen molar-refractivity contribution in [2.75, 3.05) is 26.2 Å². The van der Waals surface area contributed by atoms with E-state index in [0.29, 0.717) is 18.3 Å². The molecule has 0 bridgehead atoms. The third-order valence-electron chi connectivity index (χ3n) is 4.45. The number of guanidine groups is 1. The number of hydrogen-bond donors (Lipinski definition) is 2. The van der Waals surface area contributed by atoms with Crippen molar-refractivity contribution in [1.29, 1.82) is 0 Å². The molecule has 1 unspecified atom stereocenters. The van der Waals surface area contributed by atoms with Gasteiger partial charge in [-0.1, -0.05) is 11.6 Å². The van der Waals surface area contributed by atoms with Gasteiger partial charge in [-0.3, -0.25) is 4.90 Å². The van der Waals surface area contributed by atoms with E-state index in [1.54, 1.807) is 13.2 Å². The molecule has 8 nitrogen and oxygen atoms in total. The summed E-state index contributed by atoms with van der Waals surface area (Å²) in [5.74, 6) is 2.86. The van der Waals surface area contributed by atoms with Crippen molar-refractivity contribution in [2.45, 2.75) is 45.7 Å². The van der Waals surface area contributed by atoms with Crippen molar-refractivity contribution in [3.05, 3.63) is 35.9 Å². The Morgan fingerprint density at radius 3 is 2.74 bits per heavy atom. The van der Waals surface area contributed by atoms with Gasteiger partial charge < -0.3 is 19.6 Å². The van der Waals surface area contributed by atoms with Crippen molar-refractivity contribution in [2.24, 2.45) is 4.99 Å². The first-order chi connectivity index (χ1) is 12.8. The van der Waals surface area contributed by atoms with E-state index < -0.39 is 0 Å². The number of rotatable bonds is 7. The first-order valence-corrected chi connectivity index (χ1v) is 9.35. The molecule has 2 N–H and O–H groups in total. The molecule has 1 fully saturated rings. The van der Waals surface area contributed by atoms with Crippen LogP contribution >= 0.6 is 24.0 Å². The molecule has 150 valence electrons. The summed E-state index contributed by atoms with van der Waals surface area (Å²) in [6.07, 6.45) is 5.52.